The molecule has 11 heteroatoms. The van der Waals surface area contributed by atoms with Crippen LogP contribution in [0.25, 0.3) is 0 Å². The van der Waals surface area contributed by atoms with Crippen LogP contribution in [0.1, 0.15) is 24.0 Å². The molecule has 1 fully saturated rings. The maximum absolute atomic E-state index is 13.6. The number of pyridine rings is 1. The molecule has 0 amide bonds. The van der Waals surface area contributed by atoms with Crippen LogP contribution in [0, 0.1) is 0 Å². The van der Waals surface area contributed by atoms with Crippen molar-refractivity contribution in [2.24, 2.45) is 15.7 Å². The minimum Gasteiger partial charge on any atom is -0.395 e. The third kappa shape index (κ3) is 2.95. The maximum Gasteiger partial charge on any atom is 0.586 e. The van der Waals surface area contributed by atoms with Crippen LogP contribution in [-0.4, -0.2) is 47.3 Å². The third-order valence-corrected chi connectivity index (χ3v) is 5.70. The standard InChI is InChI=1S/C20H19F2N7O2/c21-20(22)30-13-6-5-12-15(16(13)31-20)26-19(23)29-18(12)25-14(27-29)10-11-4-3-7-24-17(11)28-8-1-2-9-28/h3-7,14,27H,1-2,8-10H2,(H2,23,26). The van der Waals surface area contributed by atoms with Gasteiger partial charge in [-0.3, -0.25) is 0 Å². The minimum atomic E-state index is -3.73. The Hall–Kier alpha value is -3.47. The molecule has 1 aromatic heterocycles. The van der Waals surface area contributed by atoms with Crippen molar-refractivity contribution < 1.29 is 18.3 Å². The highest BCUT2D eigenvalue weighted by Gasteiger charge is 2.47. The largest absolute Gasteiger partial charge is 0.586 e. The van der Waals surface area contributed by atoms with Gasteiger partial charge >= 0.3 is 6.29 Å². The second-order valence-electron chi connectivity index (χ2n) is 7.74. The van der Waals surface area contributed by atoms with Crippen LogP contribution < -0.4 is 25.5 Å². The Kier molecular flexibility index (Phi) is 3.85. The van der Waals surface area contributed by atoms with Crippen molar-refractivity contribution in [1.29, 1.82) is 0 Å². The van der Waals surface area contributed by atoms with Gasteiger partial charge in [0, 0.05) is 31.3 Å². The maximum atomic E-state index is 13.6. The van der Waals surface area contributed by atoms with Crippen LogP contribution in [-0.2, 0) is 6.42 Å². The first-order valence-electron chi connectivity index (χ1n) is 10.1. The van der Waals surface area contributed by atoms with E-state index in [9.17, 15) is 8.78 Å². The number of aliphatic imine (C=N–C) groups is 2. The molecule has 3 N–H and O–H groups in total. The average molecular weight is 427 g/mol. The number of nitrogens with one attached hydrogen (secondary N) is 1. The molecule has 2 aromatic rings. The molecule has 0 spiro atoms. The Labute approximate surface area is 176 Å². The van der Waals surface area contributed by atoms with Gasteiger partial charge in [-0.05, 0) is 36.6 Å². The molecule has 1 saturated heterocycles. The van der Waals surface area contributed by atoms with Gasteiger partial charge < -0.3 is 20.1 Å². The molecule has 0 radical (unpaired) electrons. The zero-order valence-electron chi connectivity index (χ0n) is 16.4. The van der Waals surface area contributed by atoms with Gasteiger partial charge in [-0.1, -0.05) is 6.07 Å². The summed E-state index contributed by atoms with van der Waals surface area (Å²) in [5.41, 5.74) is 11.1. The number of hydrogen-bond acceptors (Lipinski definition) is 9. The molecule has 0 bridgehead atoms. The molecule has 9 nitrogen and oxygen atoms in total. The number of ether oxygens (including phenoxy) is 2. The van der Waals surface area contributed by atoms with E-state index in [-0.39, 0.29) is 29.3 Å². The zero-order chi connectivity index (χ0) is 21.2. The number of aromatic nitrogens is 1. The fourth-order valence-corrected chi connectivity index (χ4v) is 4.37. The van der Waals surface area contributed by atoms with Gasteiger partial charge in [0.1, 0.15) is 17.7 Å². The normalized spacial score (nSPS) is 22.8. The minimum absolute atomic E-state index is 0.0810. The number of guanidine groups is 1. The van der Waals surface area contributed by atoms with Gasteiger partial charge in [0.15, 0.2) is 17.3 Å². The lowest BCUT2D eigenvalue weighted by Gasteiger charge is -2.25. The van der Waals surface area contributed by atoms with Crippen molar-refractivity contribution in [3.05, 3.63) is 41.6 Å². The van der Waals surface area contributed by atoms with Crippen molar-refractivity contribution in [2.75, 3.05) is 18.0 Å². The molecule has 1 aromatic carbocycles. The first-order valence-corrected chi connectivity index (χ1v) is 10.1. The van der Waals surface area contributed by atoms with E-state index in [1.54, 1.807) is 17.3 Å². The molecule has 6 rings (SSSR count). The molecule has 160 valence electrons. The van der Waals surface area contributed by atoms with E-state index in [0.717, 1.165) is 37.3 Å². The number of fused-ring (bicyclic) bond motifs is 5. The van der Waals surface area contributed by atoms with Crippen LogP contribution in [0.5, 0.6) is 11.5 Å². The summed E-state index contributed by atoms with van der Waals surface area (Å²) < 4.78 is 36.3. The number of halogens is 2. The van der Waals surface area contributed by atoms with Crippen molar-refractivity contribution in [2.45, 2.75) is 31.7 Å². The molecule has 4 aliphatic heterocycles. The van der Waals surface area contributed by atoms with Crippen LogP contribution >= 0.6 is 0 Å². The molecular formula is C20H19F2N7O2. The summed E-state index contributed by atoms with van der Waals surface area (Å²) in [5.74, 6) is 1.34. The number of hydrazine groups is 1. The Morgan fingerprint density at radius 2 is 2.03 bits per heavy atom. The SMILES string of the molecule is NC1=Nc2c(ccc3c2OC(F)(F)O3)C2=NC(Cc3cccnc3N3CCCC3)NN12. The number of nitrogens with two attached hydrogens (primary N) is 1. The van der Waals surface area contributed by atoms with Crippen molar-refractivity contribution in [3.8, 4) is 11.5 Å². The Morgan fingerprint density at radius 3 is 2.87 bits per heavy atom. The van der Waals surface area contributed by atoms with Gasteiger partial charge in [-0.25, -0.2) is 25.4 Å². The van der Waals surface area contributed by atoms with Crippen LogP contribution in [0.15, 0.2) is 40.4 Å². The molecule has 1 unspecified atom stereocenters. The van der Waals surface area contributed by atoms with E-state index in [4.69, 9.17) is 10.7 Å². The monoisotopic (exact) mass is 427 g/mol. The van der Waals surface area contributed by atoms with E-state index >= 15 is 0 Å². The number of amidine groups is 1. The topological polar surface area (TPSA) is 101 Å². The lowest BCUT2D eigenvalue weighted by atomic mass is 10.1. The zero-order valence-corrected chi connectivity index (χ0v) is 16.4. The van der Waals surface area contributed by atoms with Gasteiger partial charge in [0.2, 0.25) is 5.96 Å². The van der Waals surface area contributed by atoms with Crippen molar-refractivity contribution >= 4 is 23.3 Å². The Bertz CT molecular complexity index is 1130. The summed E-state index contributed by atoms with van der Waals surface area (Å²) in [6.07, 6.45) is 0.661. The van der Waals surface area contributed by atoms with Crippen LogP contribution in [0.3, 0.4) is 0 Å². The Balaban J connectivity index is 1.33. The fourth-order valence-electron chi connectivity index (χ4n) is 4.37. The molecule has 5 heterocycles. The highest BCUT2D eigenvalue weighted by molar-refractivity contribution is 6.16. The molecular weight excluding hydrogens is 408 g/mol. The van der Waals surface area contributed by atoms with Gasteiger partial charge in [0.25, 0.3) is 0 Å². The molecule has 0 saturated carbocycles. The average Bonchev–Trinajstić information content (AvgIpc) is 3.46. The molecule has 1 atom stereocenters. The predicted octanol–water partition coefficient (Wildman–Crippen LogP) is 2.10. The summed E-state index contributed by atoms with van der Waals surface area (Å²) in [5, 5.41) is 1.57. The fraction of sp³-hybridized carbons (Fsp3) is 0.350. The van der Waals surface area contributed by atoms with Gasteiger partial charge in [-0.15, -0.1) is 8.78 Å². The number of nitrogens with zero attached hydrogens (tertiary/aromatic N) is 5. The number of alkyl halides is 2. The lowest BCUT2D eigenvalue weighted by Crippen LogP contribution is -2.50. The summed E-state index contributed by atoms with van der Waals surface area (Å²) in [7, 11) is 0. The summed E-state index contributed by atoms with van der Waals surface area (Å²) in [6, 6.07) is 7.01. The number of hydrogen-bond donors (Lipinski definition) is 2. The lowest BCUT2D eigenvalue weighted by molar-refractivity contribution is -0.286. The van der Waals surface area contributed by atoms with E-state index in [2.05, 4.69) is 29.8 Å². The first kappa shape index (κ1) is 18.3. The quantitative estimate of drug-likeness (QED) is 0.774. The molecule has 31 heavy (non-hydrogen) atoms. The van der Waals surface area contributed by atoms with E-state index in [1.807, 2.05) is 12.1 Å². The number of benzene rings is 1. The van der Waals surface area contributed by atoms with Crippen LogP contribution in [0.4, 0.5) is 20.3 Å². The summed E-state index contributed by atoms with van der Waals surface area (Å²) >= 11 is 0. The number of rotatable bonds is 3. The van der Waals surface area contributed by atoms with Crippen molar-refractivity contribution in [1.82, 2.24) is 15.4 Å². The van der Waals surface area contributed by atoms with Gasteiger partial charge in [-0.2, -0.15) is 0 Å². The van der Waals surface area contributed by atoms with Gasteiger partial charge in [0.05, 0.1) is 0 Å². The second kappa shape index (κ2) is 6.51. The van der Waals surface area contributed by atoms with E-state index in [1.165, 1.54) is 6.07 Å². The second-order valence-corrected chi connectivity index (χ2v) is 7.74. The molecule has 4 aliphatic rings. The summed E-state index contributed by atoms with van der Waals surface area (Å²) in [4.78, 5) is 15.9. The molecule has 0 aliphatic carbocycles. The van der Waals surface area contributed by atoms with Crippen LogP contribution in [0.2, 0.25) is 0 Å². The number of anilines is 1. The van der Waals surface area contributed by atoms with Crippen molar-refractivity contribution in [3.63, 3.8) is 0 Å². The Morgan fingerprint density at radius 1 is 1.19 bits per heavy atom. The van der Waals surface area contributed by atoms with E-state index in [0.29, 0.717) is 17.8 Å². The third-order valence-electron chi connectivity index (χ3n) is 5.70. The highest BCUT2D eigenvalue weighted by Crippen LogP contribution is 2.50. The predicted molar refractivity (Wildman–Crippen MR) is 109 cm³/mol. The summed E-state index contributed by atoms with van der Waals surface area (Å²) in [6.45, 7) is 1.99. The first-order chi connectivity index (χ1) is 15.0. The highest BCUT2D eigenvalue weighted by atomic mass is 19.3. The smallest absolute Gasteiger partial charge is 0.395 e. The van der Waals surface area contributed by atoms with E-state index < -0.39 is 6.29 Å².